The van der Waals surface area contributed by atoms with E-state index < -0.39 is 11.6 Å². The number of benzene rings is 2. The van der Waals surface area contributed by atoms with Crippen LogP contribution in [-0.4, -0.2) is 97.3 Å². The molecule has 1 aromatic heterocycles. The van der Waals surface area contributed by atoms with Crippen molar-refractivity contribution in [2.45, 2.75) is 25.0 Å². The minimum atomic E-state index is -1.21. The monoisotopic (exact) mass is 609 g/mol. The highest BCUT2D eigenvalue weighted by Crippen LogP contribution is 2.38. The fraction of sp³-hybridized carbons (Fsp3) is 0.452. The Bertz CT molecular complexity index is 1440. The Hall–Kier alpha value is -3.48. The molecular formula is C31H36ClN5O6. The Balaban J connectivity index is 1.01. The first kappa shape index (κ1) is 29.6. The molecule has 0 saturated carbocycles. The third-order valence-electron chi connectivity index (χ3n) is 8.19. The molecule has 2 aromatic carbocycles. The average molecular weight is 610 g/mol. The van der Waals surface area contributed by atoms with E-state index in [1.54, 1.807) is 0 Å². The summed E-state index contributed by atoms with van der Waals surface area (Å²) in [6.07, 6.45) is 1.71. The molecule has 2 saturated heterocycles. The number of aryl methyl sites for hydroxylation is 1. The van der Waals surface area contributed by atoms with Crippen molar-refractivity contribution < 1.29 is 28.8 Å². The van der Waals surface area contributed by atoms with E-state index in [2.05, 4.69) is 31.9 Å². The normalized spacial score (nSPS) is 17.6. The molecule has 6 rings (SSSR count). The van der Waals surface area contributed by atoms with E-state index in [0.29, 0.717) is 24.8 Å². The van der Waals surface area contributed by atoms with Gasteiger partial charge >= 0.3 is 5.97 Å². The predicted octanol–water partition coefficient (Wildman–Crippen LogP) is 3.07. The molecule has 0 bridgehead atoms. The van der Waals surface area contributed by atoms with Crippen LogP contribution in [0.3, 0.4) is 0 Å². The number of hydrogen-bond donors (Lipinski definition) is 2. The second kappa shape index (κ2) is 13.0. The average Bonchev–Trinajstić information content (AvgIpc) is 2.99. The quantitative estimate of drug-likeness (QED) is 0.294. The first-order valence-corrected chi connectivity index (χ1v) is 14.9. The lowest BCUT2D eigenvalue weighted by Crippen LogP contribution is -2.58. The topological polar surface area (TPSA) is 133 Å². The van der Waals surface area contributed by atoms with Crippen LogP contribution < -0.4 is 15.4 Å². The van der Waals surface area contributed by atoms with Crippen molar-refractivity contribution in [3.8, 4) is 17.0 Å². The highest BCUT2D eigenvalue weighted by molar-refractivity contribution is 6.30. The fourth-order valence-electron chi connectivity index (χ4n) is 5.64. The van der Waals surface area contributed by atoms with Gasteiger partial charge in [-0.2, -0.15) is 4.98 Å². The molecular weight excluding hydrogens is 574 g/mol. The maximum absolute atomic E-state index is 11.3. The molecule has 2 fully saturated rings. The number of aliphatic carboxylic acids is 1. The number of piperazine rings is 1. The van der Waals surface area contributed by atoms with Crippen LogP contribution in [-0.2, 0) is 38.5 Å². The number of anilines is 2. The zero-order valence-electron chi connectivity index (χ0n) is 24.0. The van der Waals surface area contributed by atoms with Crippen molar-refractivity contribution >= 4 is 29.3 Å². The number of nitrogens with zero attached hydrogens (tertiary/aromatic N) is 4. The fourth-order valence-corrected chi connectivity index (χ4v) is 5.77. The van der Waals surface area contributed by atoms with E-state index in [0.717, 1.165) is 79.5 Å². The van der Waals surface area contributed by atoms with Gasteiger partial charge in [0.1, 0.15) is 18.2 Å². The summed E-state index contributed by atoms with van der Waals surface area (Å²) in [5, 5.41) is 9.98. The minimum Gasteiger partial charge on any atom is -0.489 e. The first-order valence-electron chi connectivity index (χ1n) is 14.6. The molecule has 3 aromatic rings. The molecule has 3 heterocycles. The number of aromatic nitrogens is 2. The number of ether oxygens (including phenoxy) is 4. The van der Waals surface area contributed by atoms with Crippen LogP contribution in [0.4, 0.5) is 11.8 Å². The van der Waals surface area contributed by atoms with Crippen LogP contribution in [0, 0.1) is 0 Å². The zero-order chi connectivity index (χ0) is 29.8. The van der Waals surface area contributed by atoms with Gasteiger partial charge in [0, 0.05) is 48.9 Å². The molecule has 0 amide bonds. The highest BCUT2D eigenvalue weighted by atomic mass is 35.5. The molecule has 1 aliphatic carbocycles. The van der Waals surface area contributed by atoms with Gasteiger partial charge in [-0.15, -0.1) is 0 Å². The Morgan fingerprint density at radius 2 is 1.81 bits per heavy atom. The van der Waals surface area contributed by atoms with Crippen molar-refractivity contribution in [2.24, 2.45) is 0 Å². The van der Waals surface area contributed by atoms with Crippen molar-refractivity contribution in [3.05, 3.63) is 64.2 Å². The van der Waals surface area contributed by atoms with Crippen LogP contribution >= 0.6 is 11.6 Å². The summed E-state index contributed by atoms with van der Waals surface area (Å²) < 4.78 is 22.3. The third-order valence-corrected chi connectivity index (χ3v) is 8.44. The third kappa shape index (κ3) is 6.71. The van der Waals surface area contributed by atoms with Gasteiger partial charge in [0.2, 0.25) is 11.5 Å². The van der Waals surface area contributed by atoms with Gasteiger partial charge in [0.25, 0.3) is 0 Å². The molecule has 3 aliphatic rings. The van der Waals surface area contributed by atoms with Crippen molar-refractivity contribution in [2.75, 3.05) is 76.4 Å². The van der Waals surface area contributed by atoms with E-state index in [-0.39, 0.29) is 25.8 Å². The second-order valence-corrected chi connectivity index (χ2v) is 11.5. The summed E-state index contributed by atoms with van der Waals surface area (Å²) in [6, 6.07) is 13.8. The Morgan fingerprint density at radius 1 is 1.02 bits per heavy atom. The number of carboxylic acids is 1. The van der Waals surface area contributed by atoms with E-state index in [4.69, 9.17) is 36.3 Å². The maximum Gasteiger partial charge on any atom is 0.340 e. The van der Waals surface area contributed by atoms with E-state index >= 15 is 0 Å². The number of carbonyl (C=O) groups is 1. The summed E-state index contributed by atoms with van der Waals surface area (Å²) >= 11 is 5.99. The number of rotatable bonds is 12. The van der Waals surface area contributed by atoms with Gasteiger partial charge in [-0.1, -0.05) is 23.7 Å². The van der Waals surface area contributed by atoms with Crippen LogP contribution in [0.15, 0.2) is 42.5 Å². The molecule has 12 heteroatoms. The number of hydrogen-bond acceptors (Lipinski definition) is 10. The number of halogens is 1. The summed E-state index contributed by atoms with van der Waals surface area (Å²) in [6.45, 7) is 5.98. The second-order valence-electron chi connectivity index (χ2n) is 11.0. The van der Waals surface area contributed by atoms with Gasteiger partial charge in [-0.3, -0.25) is 4.90 Å². The Morgan fingerprint density at radius 3 is 2.53 bits per heavy atom. The lowest BCUT2D eigenvalue weighted by molar-refractivity contribution is -0.226. The molecule has 3 N–H and O–H groups in total. The van der Waals surface area contributed by atoms with Gasteiger partial charge in [0.05, 0.1) is 38.7 Å². The summed E-state index contributed by atoms with van der Waals surface area (Å²) in [4.78, 5) is 25.3. The Kier molecular flexibility index (Phi) is 8.96. The van der Waals surface area contributed by atoms with Gasteiger partial charge in [-0.25, -0.2) is 9.78 Å². The van der Waals surface area contributed by atoms with E-state index in [9.17, 15) is 9.90 Å². The molecule has 228 valence electrons. The number of nitrogen functional groups attached to an aromatic ring is 1. The molecule has 11 nitrogen and oxygen atoms in total. The lowest BCUT2D eigenvalue weighted by atomic mass is 9.88. The number of nitrogens with two attached hydrogens (primary N) is 1. The molecule has 43 heavy (non-hydrogen) atoms. The smallest absolute Gasteiger partial charge is 0.340 e. The van der Waals surface area contributed by atoms with Crippen molar-refractivity contribution in [3.63, 3.8) is 0 Å². The molecule has 0 atom stereocenters. The summed E-state index contributed by atoms with van der Waals surface area (Å²) in [5.41, 5.74) is 10.4. The SMILES string of the molecule is Nc1nc2c(c(N3CCN(CCOCCOC4(C(=O)O)COC4)CC3)n1)CCc1cc(OCc3ccc(Cl)cc3)ccc1-2. The molecule has 0 radical (unpaired) electrons. The van der Waals surface area contributed by atoms with Crippen LogP contribution in [0.5, 0.6) is 5.75 Å². The zero-order valence-corrected chi connectivity index (χ0v) is 24.7. The van der Waals surface area contributed by atoms with Crippen molar-refractivity contribution in [1.82, 2.24) is 14.9 Å². The van der Waals surface area contributed by atoms with Gasteiger partial charge in [0.15, 0.2) is 0 Å². The van der Waals surface area contributed by atoms with Crippen LogP contribution in [0.1, 0.15) is 16.7 Å². The van der Waals surface area contributed by atoms with Gasteiger partial charge < -0.3 is 34.7 Å². The molecule has 0 unspecified atom stereocenters. The van der Waals surface area contributed by atoms with E-state index in [1.165, 1.54) is 5.56 Å². The van der Waals surface area contributed by atoms with Crippen molar-refractivity contribution in [1.29, 1.82) is 0 Å². The van der Waals surface area contributed by atoms with Crippen LogP contribution in [0.2, 0.25) is 5.02 Å². The molecule has 0 spiro atoms. The molecule has 2 aliphatic heterocycles. The summed E-state index contributed by atoms with van der Waals surface area (Å²) in [7, 11) is 0. The first-order chi connectivity index (χ1) is 20.9. The maximum atomic E-state index is 11.3. The van der Waals surface area contributed by atoms with Crippen LogP contribution in [0.25, 0.3) is 11.3 Å². The Labute approximate surface area is 255 Å². The highest BCUT2D eigenvalue weighted by Gasteiger charge is 2.47. The number of carboxylic acid groups (broad SMARTS) is 1. The summed E-state index contributed by atoms with van der Waals surface area (Å²) in [5.74, 6) is 1.04. The minimum absolute atomic E-state index is 0.0854. The number of fused-ring (bicyclic) bond motifs is 3. The predicted molar refractivity (Wildman–Crippen MR) is 162 cm³/mol. The van der Waals surface area contributed by atoms with Gasteiger partial charge in [-0.05, 0) is 54.3 Å². The van der Waals surface area contributed by atoms with E-state index in [1.807, 2.05) is 30.3 Å². The lowest BCUT2D eigenvalue weighted by Gasteiger charge is -2.37. The largest absolute Gasteiger partial charge is 0.489 e. The standard InChI is InChI=1S/C31H36ClN5O6/c32-23-4-1-21(2-5-23)18-42-24-6-8-25-22(17-24)3-7-26-27(25)34-30(33)35-28(26)37-11-9-36(10-12-37)13-14-40-15-16-43-31(29(38)39)19-41-20-31/h1-2,4-6,8,17H,3,7,9-16,18-20H2,(H,38,39)(H2,33,34,35).